The molecule has 1 unspecified atom stereocenters. The SMILES string of the molecule is CC(O)COc1ccc(P(C)C)cc1. The number of rotatable bonds is 4. The molecule has 0 spiro atoms. The Kier molecular flexibility index (Phi) is 4.37. The standard InChI is InChI=1S/C11H17O2P/c1-9(12)8-13-10-4-6-11(7-5-10)14(2)3/h4-7,9,12H,8H2,1-3H3. The van der Waals surface area contributed by atoms with Gasteiger partial charge in [-0.05, 0) is 37.7 Å². The zero-order chi connectivity index (χ0) is 10.6. The van der Waals surface area contributed by atoms with E-state index >= 15 is 0 Å². The Morgan fingerprint density at radius 3 is 2.29 bits per heavy atom. The van der Waals surface area contributed by atoms with Crippen LogP contribution in [0.15, 0.2) is 24.3 Å². The molecule has 0 heterocycles. The summed E-state index contributed by atoms with van der Waals surface area (Å²) >= 11 is 0. The molecule has 0 saturated heterocycles. The number of aliphatic hydroxyl groups excluding tert-OH is 1. The van der Waals surface area contributed by atoms with Crippen LogP contribution in [0, 0.1) is 0 Å². The van der Waals surface area contributed by atoms with Crippen LogP contribution in [0.2, 0.25) is 0 Å². The molecule has 0 bridgehead atoms. The third-order valence-electron chi connectivity index (χ3n) is 1.84. The second-order valence-corrected chi connectivity index (χ2v) is 5.85. The minimum atomic E-state index is -0.413. The Hall–Kier alpha value is -0.590. The van der Waals surface area contributed by atoms with Gasteiger partial charge in [-0.1, -0.05) is 20.1 Å². The molecule has 2 nitrogen and oxygen atoms in total. The Morgan fingerprint density at radius 2 is 1.86 bits per heavy atom. The van der Waals surface area contributed by atoms with E-state index in [1.54, 1.807) is 6.92 Å². The van der Waals surface area contributed by atoms with Crippen molar-refractivity contribution in [1.82, 2.24) is 0 Å². The summed E-state index contributed by atoms with van der Waals surface area (Å²) < 4.78 is 5.36. The number of benzene rings is 1. The molecular formula is C11H17O2P. The van der Waals surface area contributed by atoms with Crippen LogP contribution in [0.1, 0.15) is 6.92 Å². The first kappa shape index (κ1) is 11.5. The molecule has 0 fully saturated rings. The molecule has 1 aromatic rings. The molecule has 1 N–H and O–H groups in total. The van der Waals surface area contributed by atoms with E-state index in [2.05, 4.69) is 25.5 Å². The van der Waals surface area contributed by atoms with Gasteiger partial charge in [0.05, 0.1) is 6.10 Å². The number of aliphatic hydroxyl groups is 1. The minimum absolute atomic E-state index is 0.0346. The predicted octanol–water partition coefficient (Wildman–Crippen LogP) is 1.81. The lowest BCUT2D eigenvalue weighted by atomic mass is 10.3. The van der Waals surface area contributed by atoms with E-state index in [0.29, 0.717) is 6.61 Å². The van der Waals surface area contributed by atoms with Crippen molar-refractivity contribution in [3.05, 3.63) is 24.3 Å². The smallest absolute Gasteiger partial charge is 0.119 e. The van der Waals surface area contributed by atoms with Gasteiger partial charge < -0.3 is 9.84 Å². The molecule has 0 saturated carbocycles. The molecule has 0 radical (unpaired) electrons. The van der Waals surface area contributed by atoms with Crippen molar-refractivity contribution < 1.29 is 9.84 Å². The summed E-state index contributed by atoms with van der Waals surface area (Å²) in [5.41, 5.74) is 0. The lowest BCUT2D eigenvalue weighted by Gasteiger charge is -2.10. The maximum atomic E-state index is 9.03. The van der Waals surface area contributed by atoms with Gasteiger partial charge in [-0.3, -0.25) is 0 Å². The maximum Gasteiger partial charge on any atom is 0.119 e. The fourth-order valence-electron chi connectivity index (χ4n) is 1.06. The van der Waals surface area contributed by atoms with Crippen LogP contribution in [0.5, 0.6) is 5.75 Å². The first-order valence-corrected chi connectivity index (χ1v) is 6.91. The van der Waals surface area contributed by atoms with Crippen LogP contribution < -0.4 is 10.0 Å². The van der Waals surface area contributed by atoms with Gasteiger partial charge in [-0.15, -0.1) is 0 Å². The average Bonchev–Trinajstić information content (AvgIpc) is 2.15. The summed E-state index contributed by atoms with van der Waals surface area (Å²) in [4.78, 5) is 0. The Morgan fingerprint density at radius 1 is 1.29 bits per heavy atom. The Labute approximate surface area is 86.7 Å². The zero-order valence-corrected chi connectivity index (χ0v) is 9.79. The van der Waals surface area contributed by atoms with E-state index in [9.17, 15) is 0 Å². The van der Waals surface area contributed by atoms with Gasteiger partial charge in [0.15, 0.2) is 0 Å². The monoisotopic (exact) mass is 212 g/mol. The van der Waals surface area contributed by atoms with E-state index in [1.807, 2.05) is 12.1 Å². The largest absolute Gasteiger partial charge is 0.491 e. The Bertz CT molecular complexity index is 267. The summed E-state index contributed by atoms with van der Waals surface area (Å²) in [5.74, 6) is 0.825. The fourth-order valence-corrected chi connectivity index (χ4v) is 1.80. The molecule has 3 heteroatoms. The average molecular weight is 212 g/mol. The van der Waals surface area contributed by atoms with Gasteiger partial charge in [0, 0.05) is 0 Å². The van der Waals surface area contributed by atoms with Gasteiger partial charge in [0.1, 0.15) is 12.4 Å². The van der Waals surface area contributed by atoms with E-state index < -0.39 is 6.10 Å². The molecule has 78 valence electrons. The molecule has 0 aliphatic heterocycles. The zero-order valence-electron chi connectivity index (χ0n) is 8.90. The first-order valence-electron chi connectivity index (χ1n) is 4.68. The third kappa shape index (κ3) is 3.65. The van der Waals surface area contributed by atoms with Crippen LogP contribution in [-0.4, -0.2) is 31.1 Å². The quantitative estimate of drug-likeness (QED) is 0.771. The van der Waals surface area contributed by atoms with Crippen molar-refractivity contribution in [2.45, 2.75) is 13.0 Å². The molecule has 0 amide bonds. The van der Waals surface area contributed by atoms with Crippen molar-refractivity contribution >= 4 is 13.2 Å². The normalized spacial score (nSPS) is 12.9. The van der Waals surface area contributed by atoms with Crippen LogP contribution in [0.4, 0.5) is 0 Å². The van der Waals surface area contributed by atoms with Crippen molar-refractivity contribution in [3.63, 3.8) is 0 Å². The van der Waals surface area contributed by atoms with E-state index in [-0.39, 0.29) is 7.92 Å². The molecule has 1 atom stereocenters. The van der Waals surface area contributed by atoms with Crippen LogP contribution in [0.25, 0.3) is 0 Å². The molecule has 14 heavy (non-hydrogen) atoms. The second-order valence-electron chi connectivity index (χ2n) is 3.55. The molecule has 0 aliphatic carbocycles. The topological polar surface area (TPSA) is 29.5 Å². The highest BCUT2D eigenvalue weighted by molar-refractivity contribution is 7.64. The van der Waals surface area contributed by atoms with E-state index in [0.717, 1.165) is 5.75 Å². The van der Waals surface area contributed by atoms with Crippen molar-refractivity contribution in [1.29, 1.82) is 0 Å². The molecule has 1 rings (SSSR count). The fraction of sp³-hybridized carbons (Fsp3) is 0.455. The van der Waals surface area contributed by atoms with Gasteiger partial charge in [-0.25, -0.2) is 0 Å². The third-order valence-corrected chi connectivity index (χ3v) is 3.18. The first-order chi connectivity index (χ1) is 6.59. The highest BCUT2D eigenvalue weighted by Crippen LogP contribution is 2.24. The van der Waals surface area contributed by atoms with Gasteiger partial charge in [0.2, 0.25) is 0 Å². The minimum Gasteiger partial charge on any atom is -0.491 e. The molecule has 1 aromatic carbocycles. The highest BCUT2D eigenvalue weighted by atomic mass is 31.1. The van der Waals surface area contributed by atoms with Crippen LogP contribution >= 0.6 is 7.92 Å². The van der Waals surface area contributed by atoms with Gasteiger partial charge >= 0.3 is 0 Å². The van der Waals surface area contributed by atoms with E-state index in [4.69, 9.17) is 9.84 Å². The maximum absolute atomic E-state index is 9.03. The number of hydrogen-bond donors (Lipinski definition) is 1. The lowest BCUT2D eigenvalue weighted by Crippen LogP contribution is -2.13. The summed E-state index contributed by atoms with van der Waals surface area (Å²) in [6.45, 7) is 6.51. The highest BCUT2D eigenvalue weighted by Gasteiger charge is 2.00. The molecule has 0 aliphatic rings. The van der Waals surface area contributed by atoms with Crippen molar-refractivity contribution in [2.75, 3.05) is 19.9 Å². The summed E-state index contributed by atoms with van der Waals surface area (Å²) in [7, 11) is -0.0346. The number of hydrogen-bond acceptors (Lipinski definition) is 2. The predicted molar refractivity (Wildman–Crippen MR) is 62.0 cm³/mol. The molecule has 0 aromatic heterocycles. The van der Waals surface area contributed by atoms with Crippen LogP contribution in [-0.2, 0) is 0 Å². The summed E-state index contributed by atoms with van der Waals surface area (Å²) in [6.07, 6.45) is -0.413. The van der Waals surface area contributed by atoms with Crippen molar-refractivity contribution in [3.8, 4) is 5.75 Å². The van der Waals surface area contributed by atoms with Crippen molar-refractivity contribution in [2.24, 2.45) is 0 Å². The van der Waals surface area contributed by atoms with Gasteiger partial charge in [-0.2, -0.15) is 0 Å². The number of ether oxygens (including phenoxy) is 1. The Balaban J connectivity index is 2.55. The van der Waals surface area contributed by atoms with Gasteiger partial charge in [0.25, 0.3) is 0 Å². The molecular weight excluding hydrogens is 195 g/mol. The summed E-state index contributed by atoms with van der Waals surface area (Å²) in [6, 6.07) is 8.09. The second kappa shape index (κ2) is 5.33. The summed E-state index contributed by atoms with van der Waals surface area (Å²) in [5, 5.41) is 10.4. The van der Waals surface area contributed by atoms with E-state index in [1.165, 1.54) is 5.30 Å². The lowest BCUT2D eigenvalue weighted by molar-refractivity contribution is 0.123. The van der Waals surface area contributed by atoms with Crippen LogP contribution in [0.3, 0.4) is 0 Å².